The maximum absolute atomic E-state index is 5.37. The summed E-state index contributed by atoms with van der Waals surface area (Å²) < 4.78 is 5.37. The van der Waals surface area contributed by atoms with Crippen LogP contribution in [0.4, 0.5) is 6.01 Å². The Bertz CT molecular complexity index is 410. The molecule has 72 valence electrons. The molecule has 0 saturated carbocycles. The highest BCUT2D eigenvalue weighted by Gasteiger charge is 2.09. The number of hydrogen-bond donors (Lipinski definition) is 0. The lowest BCUT2D eigenvalue weighted by molar-refractivity contribution is 0.564. The summed E-state index contributed by atoms with van der Waals surface area (Å²) in [6.45, 7) is 0. The predicted molar refractivity (Wildman–Crippen MR) is 51.9 cm³/mol. The molecule has 2 rings (SSSR count). The van der Waals surface area contributed by atoms with Gasteiger partial charge >= 0.3 is 6.01 Å². The van der Waals surface area contributed by atoms with Crippen molar-refractivity contribution in [2.24, 2.45) is 0 Å². The second kappa shape index (κ2) is 3.45. The van der Waals surface area contributed by atoms with Crippen LogP contribution in [0, 0.1) is 0 Å². The fourth-order valence-electron chi connectivity index (χ4n) is 0.989. The summed E-state index contributed by atoms with van der Waals surface area (Å²) in [7, 11) is 3.69. The molecule has 0 saturated heterocycles. The lowest BCUT2D eigenvalue weighted by Gasteiger charge is -2.02. The van der Waals surface area contributed by atoms with Crippen LogP contribution in [0.2, 0.25) is 0 Å². The molecule has 0 bridgehead atoms. The molecule has 0 aromatic carbocycles. The van der Waals surface area contributed by atoms with Crippen LogP contribution in [-0.2, 0) is 0 Å². The molecule has 2 aromatic heterocycles. The monoisotopic (exact) mass is 190 g/mol. The molecule has 0 atom stereocenters. The van der Waals surface area contributed by atoms with Crippen molar-refractivity contribution in [3.05, 3.63) is 24.4 Å². The van der Waals surface area contributed by atoms with Gasteiger partial charge in [-0.2, -0.15) is 0 Å². The molecule has 2 heterocycles. The van der Waals surface area contributed by atoms with Crippen molar-refractivity contribution in [1.29, 1.82) is 0 Å². The SMILES string of the molecule is CN(C)c1nnc(-c2ccccn2)o1. The number of aromatic nitrogens is 3. The van der Waals surface area contributed by atoms with Gasteiger partial charge in [-0.05, 0) is 12.1 Å². The molecule has 14 heavy (non-hydrogen) atoms. The molecule has 0 radical (unpaired) electrons. The maximum Gasteiger partial charge on any atom is 0.317 e. The number of nitrogens with zero attached hydrogens (tertiary/aromatic N) is 4. The van der Waals surface area contributed by atoms with Crippen molar-refractivity contribution < 1.29 is 4.42 Å². The number of rotatable bonds is 2. The Morgan fingerprint density at radius 3 is 2.64 bits per heavy atom. The summed E-state index contributed by atoms with van der Waals surface area (Å²) in [5.74, 6) is 0.439. The molecule has 2 aromatic rings. The molecule has 0 unspecified atom stereocenters. The van der Waals surface area contributed by atoms with E-state index in [1.54, 1.807) is 11.1 Å². The molecular weight excluding hydrogens is 180 g/mol. The molecule has 0 amide bonds. The number of anilines is 1. The normalized spacial score (nSPS) is 10.1. The van der Waals surface area contributed by atoms with Crippen molar-refractivity contribution in [1.82, 2.24) is 15.2 Å². The Morgan fingerprint density at radius 1 is 1.21 bits per heavy atom. The van der Waals surface area contributed by atoms with E-state index >= 15 is 0 Å². The summed E-state index contributed by atoms with van der Waals surface area (Å²) in [6, 6.07) is 6.02. The van der Waals surface area contributed by atoms with Crippen LogP contribution in [0.3, 0.4) is 0 Å². The average Bonchev–Trinajstić information content (AvgIpc) is 2.68. The summed E-state index contributed by atoms with van der Waals surface area (Å²) in [4.78, 5) is 5.86. The van der Waals surface area contributed by atoms with Crippen LogP contribution >= 0.6 is 0 Å². The minimum absolute atomic E-state index is 0.439. The van der Waals surface area contributed by atoms with Gasteiger partial charge in [0.15, 0.2) is 0 Å². The van der Waals surface area contributed by atoms with E-state index < -0.39 is 0 Å². The number of hydrogen-bond acceptors (Lipinski definition) is 5. The van der Waals surface area contributed by atoms with Crippen LogP contribution < -0.4 is 4.90 Å². The fraction of sp³-hybridized carbons (Fsp3) is 0.222. The Hall–Kier alpha value is -1.91. The second-order valence-corrected chi connectivity index (χ2v) is 3.00. The zero-order valence-electron chi connectivity index (χ0n) is 8.01. The van der Waals surface area contributed by atoms with Gasteiger partial charge in [0.1, 0.15) is 5.69 Å². The van der Waals surface area contributed by atoms with Crippen LogP contribution in [0.5, 0.6) is 0 Å². The van der Waals surface area contributed by atoms with Crippen LogP contribution in [0.15, 0.2) is 28.8 Å². The van der Waals surface area contributed by atoms with E-state index in [0.29, 0.717) is 17.6 Å². The van der Waals surface area contributed by atoms with Gasteiger partial charge in [0.05, 0.1) is 0 Å². The van der Waals surface area contributed by atoms with E-state index in [2.05, 4.69) is 15.2 Å². The molecule has 0 aliphatic heterocycles. The van der Waals surface area contributed by atoms with Gasteiger partial charge in [0, 0.05) is 20.3 Å². The maximum atomic E-state index is 5.37. The molecule has 5 heteroatoms. The second-order valence-electron chi connectivity index (χ2n) is 3.00. The van der Waals surface area contributed by atoms with E-state index in [-0.39, 0.29) is 0 Å². The van der Waals surface area contributed by atoms with Gasteiger partial charge in [-0.3, -0.25) is 4.98 Å². The van der Waals surface area contributed by atoms with E-state index in [0.717, 1.165) is 0 Å². The third-order valence-corrected chi connectivity index (χ3v) is 1.68. The molecule has 0 N–H and O–H groups in total. The summed E-state index contributed by atoms with van der Waals surface area (Å²) in [5, 5.41) is 7.75. The standard InChI is InChI=1S/C9H10N4O/c1-13(2)9-12-11-8(14-9)7-5-3-4-6-10-7/h3-6H,1-2H3. The first kappa shape index (κ1) is 8.68. The Morgan fingerprint density at radius 2 is 2.07 bits per heavy atom. The van der Waals surface area contributed by atoms with E-state index in [1.807, 2.05) is 32.3 Å². The van der Waals surface area contributed by atoms with Crippen LogP contribution in [-0.4, -0.2) is 29.3 Å². The predicted octanol–water partition coefficient (Wildman–Crippen LogP) is 1.20. The molecular formula is C9H10N4O. The third kappa shape index (κ3) is 1.56. The highest BCUT2D eigenvalue weighted by atomic mass is 16.4. The van der Waals surface area contributed by atoms with Crippen LogP contribution in [0.1, 0.15) is 0 Å². The van der Waals surface area contributed by atoms with E-state index in [9.17, 15) is 0 Å². The summed E-state index contributed by atoms with van der Waals surface area (Å²) >= 11 is 0. The minimum Gasteiger partial charge on any atom is -0.402 e. The van der Waals surface area contributed by atoms with Gasteiger partial charge in [-0.25, -0.2) is 0 Å². The Balaban J connectivity index is 2.34. The van der Waals surface area contributed by atoms with Gasteiger partial charge in [0.2, 0.25) is 0 Å². The molecule has 0 fully saturated rings. The Labute approximate surface area is 81.4 Å². The topological polar surface area (TPSA) is 55.1 Å². The first-order chi connectivity index (χ1) is 6.77. The smallest absolute Gasteiger partial charge is 0.317 e. The molecule has 0 aliphatic carbocycles. The highest BCUT2D eigenvalue weighted by molar-refractivity contribution is 5.46. The lowest BCUT2D eigenvalue weighted by Crippen LogP contribution is -2.08. The zero-order chi connectivity index (χ0) is 9.97. The summed E-state index contributed by atoms with van der Waals surface area (Å²) in [5.41, 5.74) is 0.688. The van der Waals surface area contributed by atoms with Crippen molar-refractivity contribution in [2.45, 2.75) is 0 Å². The number of pyridine rings is 1. The fourth-order valence-corrected chi connectivity index (χ4v) is 0.989. The first-order valence-electron chi connectivity index (χ1n) is 4.19. The quantitative estimate of drug-likeness (QED) is 0.712. The van der Waals surface area contributed by atoms with Gasteiger partial charge in [-0.15, -0.1) is 5.10 Å². The summed E-state index contributed by atoms with van der Waals surface area (Å²) in [6.07, 6.45) is 1.69. The zero-order valence-corrected chi connectivity index (χ0v) is 8.01. The lowest BCUT2D eigenvalue weighted by atomic mass is 10.3. The van der Waals surface area contributed by atoms with Gasteiger partial charge in [-0.1, -0.05) is 11.2 Å². The van der Waals surface area contributed by atoms with Crippen molar-refractivity contribution in [3.8, 4) is 11.6 Å². The van der Waals surface area contributed by atoms with Crippen molar-refractivity contribution in [2.75, 3.05) is 19.0 Å². The molecule has 5 nitrogen and oxygen atoms in total. The first-order valence-corrected chi connectivity index (χ1v) is 4.19. The Kier molecular flexibility index (Phi) is 2.14. The minimum atomic E-state index is 0.439. The molecule has 0 spiro atoms. The highest BCUT2D eigenvalue weighted by Crippen LogP contribution is 2.17. The molecule has 0 aliphatic rings. The third-order valence-electron chi connectivity index (χ3n) is 1.68. The average molecular weight is 190 g/mol. The van der Waals surface area contributed by atoms with Crippen LogP contribution in [0.25, 0.3) is 11.6 Å². The van der Waals surface area contributed by atoms with Gasteiger partial charge in [0.25, 0.3) is 5.89 Å². The largest absolute Gasteiger partial charge is 0.402 e. The van der Waals surface area contributed by atoms with Crippen molar-refractivity contribution >= 4 is 6.01 Å². The van der Waals surface area contributed by atoms with E-state index in [4.69, 9.17) is 4.42 Å². The van der Waals surface area contributed by atoms with Crippen molar-refractivity contribution in [3.63, 3.8) is 0 Å². The van der Waals surface area contributed by atoms with E-state index in [1.165, 1.54) is 0 Å². The van der Waals surface area contributed by atoms with Gasteiger partial charge < -0.3 is 9.32 Å².